The van der Waals surface area contributed by atoms with Crippen molar-refractivity contribution >= 4 is 57.3 Å². The van der Waals surface area contributed by atoms with Crippen molar-refractivity contribution in [3.8, 4) is 0 Å². The van der Waals surface area contributed by atoms with Gasteiger partial charge < -0.3 is 0 Å². The lowest BCUT2D eigenvalue weighted by Crippen LogP contribution is -2.27. The summed E-state index contributed by atoms with van der Waals surface area (Å²) in [5.41, 5.74) is 0.847. The molecule has 0 spiro atoms. The lowest BCUT2D eigenvalue weighted by Gasteiger charge is -2.22. The highest BCUT2D eigenvalue weighted by Crippen LogP contribution is 2.45. The van der Waals surface area contributed by atoms with Crippen molar-refractivity contribution in [3.05, 3.63) is 45.4 Å². The van der Waals surface area contributed by atoms with Crippen molar-refractivity contribution < 1.29 is 4.79 Å². The summed E-state index contributed by atoms with van der Waals surface area (Å²) in [6, 6.07) is 5.47. The van der Waals surface area contributed by atoms with E-state index in [2.05, 4.69) is 4.98 Å². The molecule has 2 aromatic rings. The Morgan fingerprint density at radius 1 is 1.37 bits per heavy atom. The number of anilines is 1. The number of carbonyl (C=O) groups is 1. The number of amides is 1. The van der Waals surface area contributed by atoms with Crippen LogP contribution in [0.1, 0.15) is 10.9 Å². The molecule has 1 fully saturated rings. The molecule has 0 radical (unpaired) electrons. The lowest BCUT2D eigenvalue weighted by molar-refractivity contribution is -0.115. The van der Waals surface area contributed by atoms with Crippen LogP contribution < -0.4 is 4.90 Å². The summed E-state index contributed by atoms with van der Waals surface area (Å²) < 4.78 is 0. The molecule has 0 unspecified atom stereocenters. The molecule has 1 aromatic heterocycles. The van der Waals surface area contributed by atoms with Gasteiger partial charge in [0.05, 0.1) is 15.8 Å². The SMILES string of the molecule is O=C1CS[C@@H](c2cccc(Cl)c2Cl)N1c1nccs1. The van der Waals surface area contributed by atoms with Crippen LogP contribution in [0.25, 0.3) is 0 Å². The molecule has 1 aliphatic rings. The van der Waals surface area contributed by atoms with Gasteiger partial charge in [0.1, 0.15) is 5.37 Å². The fraction of sp³-hybridized carbons (Fsp3) is 0.167. The van der Waals surface area contributed by atoms with Gasteiger partial charge in [-0.05, 0) is 6.07 Å². The van der Waals surface area contributed by atoms with E-state index in [4.69, 9.17) is 23.2 Å². The first kappa shape index (κ1) is 13.2. The van der Waals surface area contributed by atoms with Gasteiger partial charge in [-0.1, -0.05) is 35.3 Å². The first-order valence-electron chi connectivity index (χ1n) is 5.45. The number of hydrogen-bond acceptors (Lipinski definition) is 4. The quantitative estimate of drug-likeness (QED) is 0.826. The van der Waals surface area contributed by atoms with Gasteiger partial charge in [0, 0.05) is 17.1 Å². The molecule has 3 nitrogen and oxygen atoms in total. The Hall–Kier alpha value is -0.750. The Bertz CT molecular complexity index is 618. The van der Waals surface area contributed by atoms with E-state index in [1.54, 1.807) is 17.2 Å². The first-order valence-corrected chi connectivity index (χ1v) is 8.14. The second-order valence-corrected chi connectivity index (χ2v) is 6.61. The fourth-order valence-corrected chi connectivity index (χ4v) is 4.32. The largest absolute Gasteiger partial charge is 0.273 e. The van der Waals surface area contributed by atoms with Crippen LogP contribution in [0.5, 0.6) is 0 Å². The zero-order valence-electron chi connectivity index (χ0n) is 9.55. The van der Waals surface area contributed by atoms with Crippen molar-refractivity contribution in [2.45, 2.75) is 5.37 Å². The van der Waals surface area contributed by atoms with Gasteiger partial charge in [-0.15, -0.1) is 23.1 Å². The maximum atomic E-state index is 12.0. The van der Waals surface area contributed by atoms with Crippen LogP contribution in [0.4, 0.5) is 5.13 Å². The number of nitrogens with zero attached hydrogens (tertiary/aromatic N) is 2. The van der Waals surface area contributed by atoms with Gasteiger partial charge in [-0.2, -0.15) is 0 Å². The number of rotatable bonds is 2. The molecule has 2 heterocycles. The minimum Gasteiger partial charge on any atom is -0.273 e. The maximum Gasteiger partial charge on any atom is 0.240 e. The average Bonchev–Trinajstić information content (AvgIpc) is 3.02. The van der Waals surface area contributed by atoms with Crippen LogP contribution in [0.3, 0.4) is 0 Å². The third kappa shape index (κ3) is 2.36. The molecule has 0 aliphatic carbocycles. The Morgan fingerprint density at radius 2 is 2.21 bits per heavy atom. The van der Waals surface area contributed by atoms with E-state index in [1.165, 1.54) is 23.1 Å². The third-order valence-corrected chi connectivity index (χ3v) is 5.54. The number of aromatic nitrogens is 1. The highest BCUT2D eigenvalue weighted by molar-refractivity contribution is 8.00. The highest BCUT2D eigenvalue weighted by Gasteiger charge is 2.36. The Morgan fingerprint density at radius 3 is 2.95 bits per heavy atom. The summed E-state index contributed by atoms with van der Waals surface area (Å²) in [6.07, 6.45) is 1.69. The van der Waals surface area contributed by atoms with Crippen LogP contribution in [-0.2, 0) is 4.79 Å². The fourth-order valence-electron chi connectivity index (χ4n) is 1.91. The minimum absolute atomic E-state index is 0.0426. The van der Waals surface area contributed by atoms with E-state index >= 15 is 0 Å². The topological polar surface area (TPSA) is 33.2 Å². The number of benzene rings is 1. The van der Waals surface area contributed by atoms with Crippen LogP contribution in [0, 0.1) is 0 Å². The number of carbonyl (C=O) groups excluding carboxylic acids is 1. The van der Waals surface area contributed by atoms with Crippen LogP contribution >= 0.6 is 46.3 Å². The molecule has 1 atom stereocenters. The Kier molecular flexibility index (Phi) is 3.71. The normalized spacial score (nSPS) is 19.2. The van der Waals surface area contributed by atoms with E-state index in [9.17, 15) is 4.79 Å². The molecule has 0 bridgehead atoms. The van der Waals surface area contributed by atoms with E-state index in [-0.39, 0.29) is 11.3 Å². The van der Waals surface area contributed by atoms with Gasteiger partial charge >= 0.3 is 0 Å². The molecule has 1 aliphatic heterocycles. The monoisotopic (exact) mass is 330 g/mol. The minimum atomic E-state index is -0.162. The maximum absolute atomic E-state index is 12.0. The summed E-state index contributed by atoms with van der Waals surface area (Å²) in [7, 11) is 0. The van der Waals surface area contributed by atoms with Crippen molar-refractivity contribution in [3.63, 3.8) is 0 Å². The zero-order valence-corrected chi connectivity index (χ0v) is 12.7. The van der Waals surface area contributed by atoms with Gasteiger partial charge in [-0.25, -0.2) is 4.98 Å². The van der Waals surface area contributed by atoms with Crippen LogP contribution in [0.2, 0.25) is 10.0 Å². The molecule has 19 heavy (non-hydrogen) atoms. The molecule has 1 aromatic carbocycles. The van der Waals surface area contributed by atoms with Gasteiger partial charge in [0.25, 0.3) is 0 Å². The smallest absolute Gasteiger partial charge is 0.240 e. The second-order valence-electron chi connectivity index (χ2n) is 3.88. The van der Waals surface area contributed by atoms with Gasteiger partial charge in [-0.3, -0.25) is 9.69 Å². The highest BCUT2D eigenvalue weighted by atomic mass is 35.5. The number of thioether (sulfide) groups is 1. The summed E-state index contributed by atoms with van der Waals surface area (Å²) in [6.45, 7) is 0. The molecule has 0 N–H and O–H groups in total. The molecule has 1 amide bonds. The van der Waals surface area contributed by atoms with Crippen molar-refractivity contribution in [2.75, 3.05) is 10.7 Å². The van der Waals surface area contributed by atoms with Crippen molar-refractivity contribution in [2.24, 2.45) is 0 Å². The van der Waals surface area contributed by atoms with Gasteiger partial charge in [0.2, 0.25) is 5.91 Å². The van der Waals surface area contributed by atoms with E-state index in [0.29, 0.717) is 20.9 Å². The van der Waals surface area contributed by atoms with Crippen molar-refractivity contribution in [1.82, 2.24) is 4.98 Å². The average molecular weight is 331 g/mol. The second kappa shape index (κ2) is 5.32. The standard InChI is InChI=1S/C12H8Cl2N2OS2/c13-8-3-1-2-7(10(8)14)11-16(9(17)6-19-11)12-15-4-5-18-12/h1-5,11H,6H2/t11-/m0/s1. The first-order chi connectivity index (χ1) is 9.18. The molecule has 3 rings (SSSR count). The van der Waals surface area contributed by atoms with Gasteiger partial charge in [0.15, 0.2) is 5.13 Å². The molecule has 98 valence electrons. The van der Waals surface area contributed by atoms with E-state index in [1.807, 2.05) is 17.5 Å². The van der Waals surface area contributed by atoms with Crippen LogP contribution in [-0.4, -0.2) is 16.6 Å². The van der Waals surface area contributed by atoms with Crippen molar-refractivity contribution in [1.29, 1.82) is 0 Å². The lowest BCUT2D eigenvalue weighted by atomic mass is 10.2. The summed E-state index contributed by atoms with van der Waals surface area (Å²) >= 11 is 15.3. The summed E-state index contributed by atoms with van der Waals surface area (Å²) in [4.78, 5) is 17.9. The zero-order chi connectivity index (χ0) is 13.4. The predicted molar refractivity (Wildman–Crippen MR) is 81.3 cm³/mol. The van der Waals surface area contributed by atoms with E-state index < -0.39 is 0 Å². The number of hydrogen-bond donors (Lipinski definition) is 0. The molecule has 1 saturated heterocycles. The molecule has 0 saturated carbocycles. The molecule has 7 heteroatoms. The molecular weight excluding hydrogens is 323 g/mol. The Labute approximate surface area is 128 Å². The Balaban J connectivity index is 2.04. The number of thiazole rings is 1. The summed E-state index contributed by atoms with van der Waals surface area (Å²) in [5.74, 6) is 0.466. The summed E-state index contributed by atoms with van der Waals surface area (Å²) in [5, 5.41) is 3.37. The van der Waals surface area contributed by atoms with Crippen LogP contribution in [0.15, 0.2) is 29.8 Å². The predicted octanol–water partition coefficient (Wildman–Crippen LogP) is 4.23. The number of halogens is 2. The molecular formula is C12H8Cl2N2OS2. The van der Waals surface area contributed by atoms with E-state index in [0.717, 1.165) is 5.56 Å². The third-order valence-electron chi connectivity index (χ3n) is 2.74.